The van der Waals surface area contributed by atoms with Crippen molar-refractivity contribution in [3.05, 3.63) is 60.2 Å². The molecule has 2 aromatic rings. The van der Waals surface area contributed by atoms with Gasteiger partial charge in [0.2, 0.25) is 10.0 Å². The normalized spacial score (nSPS) is 15.5. The van der Waals surface area contributed by atoms with E-state index >= 15 is 0 Å². The number of hydrogen-bond acceptors (Lipinski definition) is 4. The first-order chi connectivity index (χ1) is 13.0. The van der Waals surface area contributed by atoms with E-state index in [9.17, 15) is 13.2 Å². The number of amides is 1. The summed E-state index contributed by atoms with van der Waals surface area (Å²) in [4.78, 5) is 14.7. The molecule has 0 unspecified atom stereocenters. The minimum atomic E-state index is -3.53. The molecule has 6 nitrogen and oxygen atoms in total. The molecule has 0 bridgehead atoms. The molecule has 1 aliphatic heterocycles. The highest BCUT2D eigenvalue weighted by Gasteiger charge is 2.27. The first kappa shape index (κ1) is 19.4. The highest BCUT2D eigenvalue weighted by Crippen LogP contribution is 2.18. The monoisotopic (exact) mass is 388 g/mol. The van der Waals surface area contributed by atoms with Crippen LogP contribution in [-0.4, -0.2) is 45.0 Å². The summed E-state index contributed by atoms with van der Waals surface area (Å²) < 4.78 is 33.0. The van der Waals surface area contributed by atoms with Gasteiger partial charge >= 0.3 is 0 Å². The maximum absolute atomic E-state index is 12.6. The van der Waals surface area contributed by atoms with Gasteiger partial charge in [-0.3, -0.25) is 4.79 Å². The maximum Gasteiger partial charge on any atom is 0.253 e. The second-order valence-corrected chi connectivity index (χ2v) is 8.17. The Morgan fingerprint density at radius 2 is 1.70 bits per heavy atom. The van der Waals surface area contributed by atoms with Crippen LogP contribution >= 0.6 is 0 Å². The standard InChI is InChI=1S/C20H24N2O4S/c1-2-26-18-10-8-16(9-11-18)20(23)22-14-12-17(13-15-22)21-27(24,25)19-6-4-3-5-7-19/h3-11,17,21H,2,12-15H2,1H3. The molecule has 1 N–H and O–H groups in total. The van der Waals surface area contributed by atoms with Crippen LogP contribution in [0.5, 0.6) is 5.75 Å². The lowest BCUT2D eigenvalue weighted by Crippen LogP contribution is -2.46. The molecule has 0 aromatic heterocycles. The third-order valence-electron chi connectivity index (χ3n) is 4.57. The summed E-state index contributed by atoms with van der Waals surface area (Å²) in [6.07, 6.45) is 1.18. The van der Waals surface area contributed by atoms with Gasteiger partial charge in [0.25, 0.3) is 5.91 Å². The number of carbonyl (C=O) groups is 1. The molecule has 2 aromatic carbocycles. The van der Waals surface area contributed by atoms with Gasteiger partial charge in [-0.25, -0.2) is 13.1 Å². The van der Waals surface area contributed by atoms with E-state index in [1.165, 1.54) is 0 Å². The van der Waals surface area contributed by atoms with Crippen LogP contribution in [0.3, 0.4) is 0 Å². The van der Waals surface area contributed by atoms with Crippen molar-refractivity contribution in [1.82, 2.24) is 9.62 Å². The van der Waals surface area contributed by atoms with Crippen LogP contribution < -0.4 is 9.46 Å². The Labute approximate surface area is 160 Å². The van der Waals surface area contributed by atoms with Crippen LogP contribution in [-0.2, 0) is 10.0 Å². The van der Waals surface area contributed by atoms with E-state index in [-0.39, 0.29) is 16.8 Å². The molecular weight excluding hydrogens is 364 g/mol. The van der Waals surface area contributed by atoms with Crippen molar-refractivity contribution in [3.8, 4) is 5.75 Å². The molecule has 0 spiro atoms. The number of rotatable bonds is 6. The van der Waals surface area contributed by atoms with Crippen LogP contribution in [0.15, 0.2) is 59.5 Å². The number of hydrogen-bond donors (Lipinski definition) is 1. The zero-order valence-corrected chi connectivity index (χ0v) is 16.1. The molecule has 27 heavy (non-hydrogen) atoms. The molecule has 144 valence electrons. The molecule has 1 saturated heterocycles. The summed E-state index contributed by atoms with van der Waals surface area (Å²) in [6.45, 7) is 3.54. The second kappa shape index (κ2) is 8.54. The van der Waals surface area contributed by atoms with Crippen molar-refractivity contribution in [2.45, 2.75) is 30.7 Å². The number of piperidine rings is 1. The Hall–Kier alpha value is -2.38. The molecule has 0 atom stereocenters. The SMILES string of the molecule is CCOc1ccc(C(=O)N2CCC(NS(=O)(=O)c3ccccc3)CC2)cc1. The quantitative estimate of drug-likeness (QED) is 0.826. The van der Waals surface area contributed by atoms with E-state index < -0.39 is 10.0 Å². The van der Waals surface area contributed by atoms with Crippen molar-refractivity contribution in [2.75, 3.05) is 19.7 Å². The molecule has 1 fully saturated rings. The van der Waals surface area contributed by atoms with E-state index in [1.54, 1.807) is 59.5 Å². The average molecular weight is 388 g/mol. The smallest absolute Gasteiger partial charge is 0.253 e. The molecule has 7 heteroatoms. The molecule has 1 aliphatic rings. The second-order valence-electron chi connectivity index (χ2n) is 6.46. The van der Waals surface area contributed by atoms with Gasteiger partial charge in [-0.05, 0) is 56.2 Å². The fourth-order valence-corrected chi connectivity index (χ4v) is 4.46. The van der Waals surface area contributed by atoms with Gasteiger partial charge in [-0.1, -0.05) is 18.2 Å². The fourth-order valence-electron chi connectivity index (χ4n) is 3.13. The fraction of sp³-hybridized carbons (Fsp3) is 0.350. The summed E-state index contributed by atoms with van der Waals surface area (Å²) in [5.74, 6) is 0.700. The third kappa shape index (κ3) is 4.87. The van der Waals surface area contributed by atoms with Crippen molar-refractivity contribution >= 4 is 15.9 Å². The number of nitrogens with one attached hydrogen (secondary N) is 1. The number of carbonyl (C=O) groups excluding carboxylic acids is 1. The summed E-state index contributed by atoms with van der Waals surface area (Å²) in [5, 5.41) is 0. The first-order valence-corrected chi connectivity index (χ1v) is 10.6. The van der Waals surface area contributed by atoms with Gasteiger partial charge in [0, 0.05) is 24.7 Å². The largest absolute Gasteiger partial charge is 0.494 e. The number of nitrogens with zero attached hydrogens (tertiary/aromatic N) is 1. The lowest BCUT2D eigenvalue weighted by atomic mass is 10.0. The molecule has 0 radical (unpaired) electrons. The Balaban J connectivity index is 1.56. The average Bonchev–Trinajstić information content (AvgIpc) is 2.69. The Morgan fingerprint density at radius 3 is 2.30 bits per heavy atom. The van der Waals surface area contributed by atoms with Crippen molar-refractivity contribution in [1.29, 1.82) is 0 Å². The minimum Gasteiger partial charge on any atom is -0.494 e. The van der Waals surface area contributed by atoms with E-state index in [2.05, 4.69) is 4.72 Å². The summed E-state index contributed by atoms with van der Waals surface area (Å²) >= 11 is 0. The molecule has 0 aliphatic carbocycles. The third-order valence-corrected chi connectivity index (χ3v) is 6.11. The Morgan fingerprint density at radius 1 is 1.07 bits per heavy atom. The van der Waals surface area contributed by atoms with E-state index in [0.717, 1.165) is 5.75 Å². The van der Waals surface area contributed by atoms with Gasteiger partial charge in [-0.15, -0.1) is 0 Å². The van der Waals surface area contributed by atoms with Crippen molar-refractivity contribution in [2.24, 2.45) is 0 Å². The molecule has 0 saturated carbocycles. The van der Waals surface area contributed by atoms with Crippen LogP contribution in [0.25, 0.3) is 0 Å². The van der Waals surface area contributed by atoms with Gasteiger partial charge in [0.1, 0.15) is 5.75 Å². The van der Waals surface area contributed by atoms with E-state index in [4.69, 9.17) is 4.74 Å². The summed E-state index contributed by atoms with van der Waals surface area (Å²) in [6, 6.07) is 15.3. The maximum atomic E-state index is 12.6. The topological polar surface area (TPSA) is 75.7 Å². The lowest BCUT2D eigenvalue weighted by Gasteiger charge is -2.32. The number of benzene rings is 2. The van der Waals surface area contributed by atoms with Crippen LogP contribution in [0.2, 0.25) is 0 Å². The molecule has 3 rings (SSSR count). The van der Waals surface area contributed by atoms with Gasteiger partial charge in [-0.2, -0.15) is 0 Å². The first-order valence-electron chi connectivity index (χ1n) is 9.09. The zero-order valence-electron chi connectivity index (χ0n) is 15.3. The summed E-state index contributed by atoms with van der Waals surface area (Å²) in [7, 11) is -3.53. The van der Waals surface area contributed by atoms with Gasteiger partial charge < -0.3 is 9.64 Å². The molecular formula is C20H24N2O4S. The minimum absolute atomic E-state index is 0.0394. The van der Waals surface area contributed by atoms with Crippen molar-refractivity contribution < 1.29 is 17.9 Å². The predicted molar refractivity (Wildman–Crippen MR) is 103 cm³/mol. The highest BCUT2D eigenvalue weighted by atomic mass is 32.2. The van der Waals surface area contributed by atoms with Gasteiger partial charge in [0.05, 0.1) is 11.5 Å². The summed E-state index contributed by atoms with van der Waals surface area (Å²) in [5.41, 5.74) is 0.613. The number of likely N-dealkylation sites (tertiary alicyclic amines) is 1. The Kier molecular flexibility index (Phi) is 6.13. The van der Waals surface area contributed by atoms with Crippen LogP contribution in [0.1, 0.15) is 30.1 Å². The predicted octanol–water partition coefficient (Wildman–Crippen LogP) is 2.67. The molecule has 1 heterocycles. The lowest BCUT2D eigenvalue weighted by molar-refractivity contribution is 0.0711. The number of ether oxygens (including phenoxy) is 1. The van der Waals surface area contributed by atoms with Crippen LogP contribution in [0.4, 0.5) is 0 Å². The molecule has 1 amide bonds. The van der Waals surface area contributed by atoms with Gasteiger partial charge in [0.15, 0.2) is 0 Å². The number of sulfonamides is 1. The van der Waals surface area contributed by atoms with E-state index in [0.29, 0.717) is 38.1 Å². The Bertz CT molecular complexity index is 859. The highest BCUT2D eigenvalue weighted by molar-refractivity contribution is 7.89. The van der Waals surface area contributed by atoms with E-state index in [1.807, 2.05) is 6.92 Å². The zero-order chi connectivity index (χ0) is 19.3. The van der Waals surface area contributed by atoms with Crippen LogP contribution in [0, 0.1) is 0 Å². The van der Waals surface area contributed by atoms with Crippen molar-refractivity contribution in [3.63, 3.8) is 0 Å².